The first-order chi connectivity index (χ1) is 15.0. The fraction of sp³-hybridized carbons (Fsp3) is 0.500. The van der Waals surface area contributed by atoms with Crippen LogP contribution in [0.15, 0.2) is 36.0 Å². The van der Waals surface area contributed by atoms with Crippen molar-refractivity contribution in [1.29, 1.82) is 0 Å². The van der Waals surface area contributed by atoms with Gasteiger partial charge in [0.05, 0.1) is 12.3 Å². The van der Waals surface area contributed by atoms with Gasteiger partial charge in [0.2, 0.25) is 5.78 Å². The highest BCUT2D eigenvalue weighted by atomic mass is 16.5. The number of ketones is 2. The van der Waals surface area contributed by atoms with Crippen LogP contribution in [0.1, 0.15) is 71.7 Å². The van der Waals surface area contributed by atoms with Crippen molar-refractivity contribution in [2.75, 3.05) is 13.2 Å². The Morgan fingerprint density at radius 3 is 2.45 bits per heavy atom. The van der Waals surface area contributed by atoms with Crippen molar-refractivity contribution in [3.05, 3.63) is 52.7 Å². The molecular formula is C26H29NO4. The topological polar surface area (TPSA) is 72.5 Å². The van der Waals surface area contributed by atoms with Gasteiger partial charge in [-0.2, -0.15) is 0 Å². The van der Waals surface area contributed by atoms with Crippen LogP contribution in [0.25, 0.3) is 6.08 Å². The third-order valence-electron chi connectivity index (χ3n) is 7.61. The molecule has 0 saturated heterocycles. The van der Waals surface area contributed by atoms with Crippen molar-refractivity contribution in [1.82, 2.24) is 5.32 Å². The van der Waals surface area contributed by atoms with Gasteiger partial charge in [-0.3, -0.25) is 9.59 Å². The largest absolute Gasteiger partial charge is 0.463 e. The molecule has 0 radical (unpaired) electrons. The third-order valence-corrected chi connectivity index (χ3v) is 7.61. The molecule has 4 bridgehead atoms. The van der Waals surface area contributed by atoms with Gasteiger partial charge in [-0.1, -0.05) is 18.2 Å². The molecular weight excluding hydrogens is 390 g/mol. The molecule has 31 heavy (non-hydrogen) atoms. The highest BCUT2D eigenvalue weighted by molar-refractivity contribution is 6.25. The van der Waals surface area contributed by atoms with Crippen molar-refractivity contribution in [2.45, 2.75) is 45.4 Å². The second kappa shape index (κ2) is 7.77. The van der Waals surface area contributed by atoms with E-state index < -0.39 is 5.97 Å². The number of benzene rings is 1. The van der Waals surface area contributed by atoms with E-state index in [-0.39, 0.29) is 23.6 Å². The lowest BCUT2D eigenvalue weighted by molar-refractivity contribution is -0.137. The Morgan fingerprint density at radius 1 is 1.13 bits per heavy atom. The van der Waals surface area contributed by atoms with E-state index in [1.165, 1.54) is 50.7 Å². The third kappa shape index (κ3) is 3.75. The molecule has 0 spiro atoms. The van der Waals surface area contributed by atoms with Gasteiger partial charge in [0.25, 0.3) is 0 Å². The van der Waals surface area contributed by atoms with Gasteiger partial charge in [0.15, 0.2) is 5.78 Å². The molecule has 5 nitrogen and oxygen atoms in total. The predicted molar refractivity (Wildman–Crippen MR) is 117 cm³/mol. The highest BCUT2D eigenvalue weighted by Gasteiger charge is 2.50. The SMILES string of the molecule is CCOC(=O)/C=C/c1cccc2c1C(=O)C=C(NCC13CC4CC(CC(C4)C1)C3)C2=O. The quantitative estimate of drug-likeness (QED) is 0.549. The minimum Gasteiger partial charge on any atom is -0.463 e. The van der Waals surface area contributed by atoms with Crippen LogP contribution in [0.3, 0.4) is 0 Å². The van der Waals surface area contributed by atoms with Crippen LogP contribution < -0.4 is 5.32 Å². The number of hydrogen-bond donors (Lipinski definition) is 1. The van der Waals surface area contributed by atoms with E-state index in [1.807, 2.05) is 0 Å². The second-order valence-corrected chi connectivity index (χ2v) is 9.88. The molecule has 5 aliphatic carbocycles. The summed E-state index contributed by atoms with van der Waals surface area (Å²) in [7, 11) is 0. The van der Waals surface area contributed by atoms with Gasteiger partial charge in [0, 0.05) is 29.8 Å². The number of rotatable bonds is 6. The Bertz CT molecular complexity index is 967. The monoisotopic (exact) mass is 419 g/mol. The van der Waals surface area contributed by atoms with E-state index in [9.17, 15) is 14.4 Å². The minimum atomic E-state index is -0.469. The average molecular weight is 420 g/mol. The van der Waals surface area contributed by atoms with Crippen LogP contribution >= 0.6 is 0 Å². The van der Waals surface area contributed by atoms with Gasteiger partial charge in [-0.25, -0.2) is 4.79 Å². The summed E-state index contributed by atoms with van der Waals surface area (Å²) in [6.45, 7) is 2.80. The van der Waals surface area contributed by atoms with Crippen molar-refractivity contribution >= 4 is 23.6 Å². The Labute approximate surface area is 182 Å². The zero-order chi connectivity index (χ0) is 21.6. The van der Waals surface area contributed by atoms with E-state index in [1.54, 1.807) is 31.2 Å². The fourth-order valence-electron chi connectivity index (χ4n) is 6.86. The zero-order valence-corrected chi connectivity index (χ0v) is 18.0. The molecule has 0 aliphatic heterocycles. The van der Waals surface area contributed by atoms with E-state index in [2.05, 4.69) is 5.32 Å². The number of Topliss-reactive ketones (excluding diaryl/α,β-unsaturated/α-hetero) is 1. The summed E-state index contributed by atoms with van der Waals surface area (Å²) in [6, 6.07) is 5.18. The maximum Gasteiger partial charge on any atom is 0.330 e. The second-order valence-electron chi connectivity index (χ2n) is 9.88. The number of fused-ring (bicyclic) bond motifs is 1. The van der Waals surface area contributed by atoms with Gasteiger partial charge in [0.1, 0.15) is 0 Å². The van der Waals surface area contributed by atoms with Crippen LogP contribution in [0.2, 0.25) is 0 Å². The van der Waals surface area contributed by atoms with Crippen LogP contribution in [-0.2, 0) is 9.53 Å². The molecule has 0 heterocycles. The molecule has 6 rings (SSSR count). The van der Waals surface area contributed by atoms with Gasteiger partial charge in [-0.15, -0.1) is 0 Å². The van der Waals surface area contributed by atoms with E-state index in [0.717, 1.165) is 24.3 Å². The lowest BCUT2D eigenvalue weighted by Crippen LogP contribution is -2.50. The Morgan fingerprint density at radius 2 is 1.81 bits per heavy atom. The first-order valence-electron chi connectivity index (χ1n) is 11.5. The van der Waals surface area contributed by atoms with Crippen molar-refractivity contribution < 1.29 is 19.1 Å². The summed E-state index contributed by atoms with van der Waals surface area (Å²) in [5.41, 5.74) is 1.99. The molecule has 5 aliphatic rings. The molecule has 1 N–H and O–H groups in total. The first kappa shape index (κ1) is 20.2. The van der Waals surface area contributed by atoms with E-state index in [0.29, 0.717) is 22.4 Å². The number of allylic oxidation sites excluding steroid dienone is 2. The molecule has 0 atom stereocenters. The number of carbonyl (C=O) groups is 3. The molecule has 1 aromatic rings. The average Bonchev–Trinajstić information content (AvgIpc) is 2.73. The van der Waals surface area contributed by atoms with Crippen molar-refractivity contribution in [3.8, 4) is 0 Å². The molecule has 0 amide bonds. The highest BCUT2D eigenvalue weighted by Crippen LogP contribution is 2.59. The molecule has 162 valence electrons. The van der Waals surface area contributed by atoms with Crippen LogP contribution in [0.4, 0.5) is 0 Å². The van der Waals surface area contributed by atoms with Crippen LogP contribution in [0, 0.1) is 23.2 Å². The minimum absolute atomic E-state index is 0.147. The Kier molecular flexibility index (Phi) is 5.07. The lowest BCUT2D eigenvalue weighted by Gasteiger charge is -2.57. The van der Waals surface area contributed by atoms with Gasteiger partial charge < -0.3 is 10.1 Å². The predicted octanol–water partition coefficient (Wildman–Crippen LogP) is 4.33. The van der Waals surface area contributed by atoms with Crippen molar-refractivity contribution in [3.63, 3.8) is 0 Å². The number of nitrogens with one attached hydrogen (secondary N) is 1. The summed E-state index contributed by atoms with van der Waals surface area (Å²) in [5, 5.41) is 3.38. The number of hydrogen-bond acceptors (Lipinski definition) is 5. The first-order valence-corrected chi connectivity index (χ1v) is 11.5. The van der Waals surface area contributed by atoms with Gasteiger partial charge in [-0.05, 0) is 80.3 Å². The van der Waals surface area contributed by atoms with E-state index >= 15 is 0 Å². The van der Waals surface area contributed by atoms with E-state index in [4.69, 9.17) is 4.74 Å². The van der Waals surface area contributed by atoms with Crippen LogP contribution in [-0.4, -0.2) is 30.7 Å². The molecule has 4 saturated carbocycles. The fourth-order valence-corrected chi connectivity index (χ4v) is 6.86. The maximum absolute atomic E-state index is 13.2. The van der Waals surface area contributed by atoms with Crippen LogP contribution in [0.5, 0.6) is 0 Å². The molecule has 1 aromatic carbocycles. The smallest absolute Gasteiger partial charge is 0.330 e. The number of esters is 1. The van der Waals surface area contributed by atoms with Crippen molar-refractivity contribution in [2.24, 2.45) is 23.2 Å². The normalized spacial score (nSPS) is 31.0. The summed E-state index contributed by atoms with van der Waals surface area (Å²) >= 11 is 0. The Hall–Kier alpha value is -2.69. The summed E-state index contributed by atoms with van der Waals surface area (Å²) in [5.74, 6) is 1.72. The molecule has 4 fully saturated rings. The summed E-state index contributed by atoms with van der Waals surface area (Å²) < 4.78 is 4.91. The number of carbonyl (C=O) groups excluding carboxylic acids is 3. The zero-order valence-electron chi connectivity index (χ0n) is 18.0. The standard InChI is InChI=1S/C26H29NO4/c1-2-31-23(29)7-6-19-4-3-5-20-24(19)22(28)11-21(25(20)30)27-15-26-12-16-8-17(13-26)10-18(9-16)14-26/h3-7,11,16-18,27H,2,8-10,12-15H2,1H3/b7-6+. The lowest BCUT2D eigenvalue weighted by atomic mass is 9.49. The Balaban J connectivity index is 1.34. The molecule has 0 aromatic heterocycles. The summed E-state index contributed by atoms with van der Waals surface area (Å²) in [6.07, 6.45) is 12.2. The van der Waals surface area contributed by atoms with Gasteiger partial charge >= 0.3 is 5.97 Å². The molecule has 0 unspecified atom stereocenters. The molecule has 5 heteroatoms. The summed E-state index contributed by atoms with van der Waals surface area (Å²) in [4.78, 5) is 37.8. The maximum atomic E-state index is 13.2. The number of ether oxygens (including phenoxy) is 1.